The second kappa shape index (κ2) is 7.29. The lowest BCUT2D eigenvalue weighted by atomic mass is 10.2. The number of amides is 1. The Kier molecular flexibility index (Phi) is 5.26. The molecule has 26 heavy (non-hydrogen) atoms. The predicted molar refractivity (Wildman–Crippen MR) is 102 cm³/mol. The molecule has 1 amide bonds. The number of benzene rings is 1. The monoisotopic (exact) mass is 455 g/mol. The summed E-state index contributed by atoms with van der Waals surface area (Å²) >= 11 is 4.58. The van der Waals surface area contributed by atoms with E-state index in [1.54, 1.807) is 38.1 Å². The van der Waals surface area contributed by atoms with Gasteiger partial charge in [-0.2, -0.15) is 0 Å². The maximum atomic E-state index is 12.1. The van der Waals surface area contributed by atoms with Crippen molar-refractivity contribution in [1.29, 1.82) is 0 Å². The molecule has 3 rings (SSSR count). The molecule has 0 aliphatic rings. The summed E-state index contributed by atoms with van der Waals surface area (Å²) in [6.45, 7) is 3.25. The van der Waals surface area contributed by atoms with Crippen molar-refractivity contribution >= 4 is 49.0 Å². The van der Waals surface area contributed by atoms with Gasteiger partial charge in [-0.05, 0) is 66.2 Å². The Bertz CT molecular complexity index is 1040. The van der Waals surface area contributed by atoms with Crippen LogP contribution in [0.2, 0.25) is 0 Å². The first kappa shape index (κ1) is 18.7. The molecule has 1 aromatic carbocycles. The van der Waals surface area contributed by atoms with E-state index in [2.05, 4.69) is 31.4 Å². The zero-order valence-electron chi connectivity index (χ0n) is 13.8. The summed E-state index contributed by atoms with van der Waals surface area (Å²) in [7, 11) is -3.34. The highest BCUT2D eigenvalue weighted by atomic mass is 79.9. The standard InChI is InChI=1S/C16H14BrN3O4S2/c1-9(2)26(22,23)11-5-3-10(4-6-11)15-19-20-16(24-15)18-14(21)12-7-8-13(17)25-12/h3-9H,1-2H3,(H,18,20,21). The molecule has 3 aromatic rings. The Hall–Kier alpha value is -2.04. The van der Waals surface area contributed by atoms with E-state index in [1.165, 1.54) is 23.5 Å². The van der Waals surface area contributed by atoms with Crippen molar-refractivity contribution in [3.05, 3.63) is 45.1 Å². The quantitative estimate of drug-likeness (QED) is 0.623. The molecule has 0 radical (unpaired) electrons. The van der Waals surface area contributed by atoms with Crippen molar-refractivity contribution in [1.82, 2.24) is 10.2 Å². The van der Waals surface area contributed by atoms with Gasteiger partial charge in [-0.25, -0.2) is 8.42 Å². The maximum Gasteiger partial charge on any atom is 0.322 e. The maximum absolute atomic E-state index is 12.1. The predicted octanol–water partition coefficient (Wildman–Crippen LogP) is 4.00. The van der Waals surface area contributed by atoms with Crippen LogP contribution in [-0.2, 0) is 9.84 Å². The van der Waals surface area contributed by atoms with Gasteiger partial charge in [0.15, 0.2) is 9.84 Å². The van der Waals surface area contributed by atoms with Gasteiger partial charge in [0.25, 0.3) is 5.91 Å². The minimum absolute atomic E-state index is 0.0339. The first-order valence-electron chi connectivity index (χ1n) is 7.52. The third-order valence-corrected chi connectivity index (χ3v) is 7.29. The van der Waals surface area contributed by atoms with Gasteiger partial charge in [0, 0.05) is 5.56 Å². The molecule has 0 spiro atoms. The number of thiophene rings is 1. The third kappa shape index (κ3) is 3.87. The first-order valence-corrected chi connectivity index (χ1v) is 10.7. The number of rotatable bonds is 5. The topological polar surface area (TPSA) is 102 Å². The minimum Gasteiger partial charge on any atom is -0.403 e. The summed E-state index contributed by atoms with van der Waals surface area (Å²) in [5, 5.41) is 9.69. The van der Waals surface area contributed by atoms with E-state index in [1.807, 2.05) is 0 Å². The van der Waals surface area contributed by atoms with Crippen molar-refractivity contribution in [3.63, 3.8) is 0 Å². The molecule has 0 saturated heterocycles. The van der Waals surface area contributed by atoms with Crippen molar-refractivity contribution < 1.29 is 17.6 Å². The zero-order valence-corrected chi connectivity index (χ0v) is 17.0. The molecule has 2 heterocycles. The lowest BCUT2D eigenvalue weighted by Crippen LogP contribution is -2.13. The van der Waals surface area contributed by atoms with Crippen molar-refractivity contribution in [2.75, 3.05) is 5.32 Å². The van der Waals surface area contributed by atoms with Crippen LogP contribution < -0.4 is 5.32 Å². The number of anilines is 1. The van der Waals surface area contributed by atoms with E-state index in [9.17, 15) is 13.2 Å². The molecule has 0 fully saturated rings. The van der Waals surface area contributed by atoms with E-state index >= 15 is 0 Å². The number of carbonyl (C=O) groups excluding carboxylic acids is 1. The number of nitrogens with one attached hydrogen (secondary N) is 1. The minimum atomic E-state index is -3.34. The molecule has 0 bridgehead atoms. The van der Waals surface area contributed by atoms with Crippen molar-refractivity contribution in [2.45, 2.75) is 24.0 Å². The van der Waals surface area contributed by atoms with Crippen LogP contribution in [0.4, 0.5) is 6.01 Å². The highest BCUT2D eigenvalue weighted by Gasteiger charge is 2.20. The van der Waals surface area contributed by atoms with E-state index in [4.69, 9.17) is 4.42 Å². The van der Waals surface area contributed by atoms with Gasteiger partial charge in [-0.15, -0.1) is 16.4 Å². The number of hydrogen-bond donors (Lipinski definition) is 1. The Morgan fingerprint density at radius 3 is 2.42 bits per heavy atom. The van der Waals surface area contributed by atoms with Crippen LogP contribution in [0.3, 0.4) is 0 Å². The van der Waals surface area contributed by atoms with Crippen molar-refractivity contribution in [3.8, 4) is 11.5 Å². The molecule has 10 heteroatoms. The van der Waals surface area contributed by atoms with Crippen LogP contribution in [0.1, 0.15) is 23.5 Å². The first-order chi connectivity index (χ1) is 12.3. The van der Waals surface area contributed by atoms with Gasteiger partial charge in [0.05, 0.1) is 18.8 Å². The van der Waals surface area contributed by atoms with Gasteiger partial charge in [-0.3, -0.25) is 10.1 Å². The number of nitrogens with zero attached hydrogens (tertiary/aromatic N) is 2. The van der Waals surface area contributed by atoms with E-state index < -0.39 is 15.1 Å². The van der Waals surface area contributed by atoms with Crippen molar-refractivity contribution in [2.24, 2.45) is 0 Å². The molecule has 7 nitrogen and oxygen atoms in total. The van der Waals surface area contributed by atoms with Crippen LogP contribution >= 0.6 is 27.3 Å². The lowest BCUT2D eigenvalue weighted by Gasteiger charge is -2.07. The number of halogens is 1. The number of carbonyl (C=O) groups is 1. The summed E-state index contributed by atoms with van der Waals surface area (Å²) in [5.74, 6) is -0.171. The second-order valence-corrected chi connectivity index (χ2v) is 10.6. The smallest absolute Gasteiger partial charge is 0.322 e. The molecule has 0 aliphatic heterocycles. The summed E-state index contributed by atoms with van der Waals surface area (Å²) in [4.78, 5) is 12.8. The fourth-order valence-electron chi connectivity index (χ4n) is 2.04. The third-order valence-electron chi connectivity index (χ3n) is 3.49. The molecule has 136 valence electrons. The van der Waals surface area contributed by atoms with Gasteiger partial charge in [0.2, 0.25) is 5.89 Å². The van der Waals surface area contributed by atoms with Gasteiger partial charge < -0.3 is 4.42 Å². The highest BCUT2D eigenvalue weighted by Crippen LogP contribution is 2.25. The molecule has 1 N–H and O–H groups in total. The fourth-order valence-corrected chi connectivity index (χ4v) is 4.39. The number of sulfone groups is 1. The summed E-state index contributed by atoms with van der Waals surface area (Å²) in [6, 6.07) is 9.58. The summed E-state index contributed by atoms with van der Waals surface area (Å²) in [6.07, 6.45) is 0. The van der Waals surface area contributed by atoms with Crippen LogP contribution in [0, 0.1) is 0 Å². The number of aromatic nitrogens is 2. The molecule has 0 aliphatic carbocycles. The highest BCUT2D eigenvalue weighted by molar-refractivity contribution is 9.11. The Labute approximate surface area is 162 Å². The SMILES string of the molecule is CC(C)S(=O)(=O)c1ccc(-c2nnc(NC(=O)c3ccc(Br)s3)o2)cc1. The number of hydrogen-bond acceptors (Lipinski definition) is 7. The molecule has 0 unspecified atom stereocenters. The second-order valence-electron chi connectivity index (χ2n) is 5.59. The van der Waals surface area contributed by atoms with Gasteiger partial charge in [0.1, 0.15) is 0 Å². The molecule has 0 saturated carbocycles. The van der Waals surface area contributed by atoms with E-state index in [-0.39, 0.29) is 22.7 Å². The Morgan fingerprint density at radius 1 is 1.15 bits per heavy atom. The summed E-state index contributed by atoms with van der Waals surface area (Å²) in [5.41, 5.74) is 0.555. The Morgan fingerprint density at radius 2 is 1.85 bits per heavy atom. The largest absolute Gasteiger partial charge is 0.403 e. The Balaban J connectivity index is 1.76. The molecular formula is C16H14BrN3O4S2. The summed E-state index contributed by atoms with van der Waals surface area (Å²) < 4.78 is 30.5. The van der Waals surface area contributed by atoms with Crippen LogP contribution in [-0.4, -0.2) is 29.8 Å². The average molecular weight is 456 g/mol. The van der Waals surface area contributed by atoms with Crippen LogP contribution in [0.15, 0.2) is 49.5 Å². The average Bonchev–Trinajstić information content (AvgIpc) is 3.24. The van der Waals surface area contributed by atoms with Crippen LogP contribution in [0.25, 0.3) is 11.5 Å². The molecule has 0 atom stereocenters. The van der Waals surface area contributed by atoms with Gasteiger partial charge >= 0.3 is 6.01 Å². The molecular weight excluding hydrogens is 442 g/mol. The normalized spacial score (nSPS) is 11.7. The lowest BCUT2D eigenvalue weighted by molar-refractivity contribution is 0.102. The van der Waals surface area contributed by atoms with Crippen LogP contribution in [0.5, 0.6) is 0 Å². The molecule has 2 aromatic heterocycles. The zero-order chi connectivity index (χ0) is 18.9. The van der Waals surface area contributed by atoms with E-state index in [0.717, 1.165) is 3.79 Å². The fraction of sp³-hybridized carbons (Fsp3) is 0.188. The van der Waals surface area contributed by atoms with E-state index in [0.29, 0.717) is 10.4 Å². The van der Waals surface area contributed by atoms with Gasteiger partial charge in [-0.1, -0.05) is 5.10 Å².